The minimum Gasteiger partial charge on any atom is -0.379 e. The molecule has 0 bridgehead atoms. The largest absolute Gasteiger partial charge is 0.501 e. The molecule has 0 spiro atoms. The maximum atomic E-state index is 6.58. The van der Waals surface area contributed by atoms with E-state index in [0.717, 1.165) is 25.6 Å². The van der Waals surface area contributed by atoms with Crippen molar-refractivity contribution < 1.29 is 18.0 Å². The fraction of sp³-hybridized carbons (Fsp3) is 0.478. The van der Waals surface area contributed by atoms with Crippen molar-refractivity contribution in [3.8, 4) is 0 Å². The molecule has 1 heterocycles. The van der Waals surface area contributed by atoms with E-state index in [-0.39, 0.29) is 6.10 Å². The fourth-order valence-corrected chi connectivity index (χ4v) is 6.42. The Balaban J connectivity index is 1.80. The van der Waals surface area contributed by atoms with Gasteiger partial charge in [0.2, 0.25) is 0 Å². The first kappa shape index (κ1) is 22.0. The maximum Gasteiger partial charge on any atom is 0.501 e. The molecule has 0 aliphatic carbocycles. The average Bonchev–Trinajstić information content (AvgIpc) is 2.73. The number of para-hydroxylation sites is 1. The second kappa shape index (κ2) is 11.5. The van der Waals surface area contributed by atoms with Crippen LogP contribution in [0.5, 0.6) is 0 Å². The Morgan fingerprint density at radius 1 is 0.966 bits per heavy atom. The summed E-state index contributed by atoms with van der Waals surface area (Å²) in [5.74, 6) is 0. The summed E-state index contributed by atoms with van der Waals surface area (Å²) in [7, 11) is -2.69. The summed E-state index contributed by atoms with van der Waals surface area (Å²) in [4.78, 5) is 2.35. The number of hydrogen-bond donors (Lipinski definition) is 0. The summed E-state index contributed by atoms with van der Waals surface area (Å²) in [6.07, 6.45) is 0.801. The minimum absolute atomic E-state index is 0.107. The summed E-state index contributed by atoms with van der Waals surface area (Å²) < 4.78 is 24.7. The van der Waals surface area contributed by atoms with E-state index in [2.05, 4.69) is 53.4 Å². The van der Waals surface area contributed by atoms with Crippen molar-refractivity contribution in [1.29, 1.82) is 0 Å². The van der Waals surface area contributed by atoms with Crippen LogP contribution in [0.2, 0.25) is 6.04 Å². The smallest absolute Gasteiger partial charge is 0.379 e. The van der Waals surface area contributed by atoms with Gasteiger partial charge in [0, 0.05) is 44.6 Å². The van der Waals surface area contributed by atoms with E-state index in [4.69, 9.17) is 18.0 Å². The van der Waals surface area contributed by atoms with Gasteiger partial charge in [-0.2, -0.15) is 0 Å². The van der Waals surface area contributed by atoms with E-state index in [1.165, 1.54) is 11.3 Å². The first-order valence-corrected chi connectivity index (χ1v) is 12.5. The molecular formula is C23H33NO4Si. The Labute approximate surface area is 175 Å². The van der Waals surface area contributed by atoms with E-state index in [9.17, 15) is 0 Å². The summed E-state index contributed by atoms with van der Waals surface area (Å²) in [5, 5.41) is 0. The van der Waals surface area contributed by atoms with Crippen LogP contribution in [0.1, 0.15) is 25.8 Å². The van der Waals surface area contributed by atoms with Crippen molar-refractivity contribution in [2.75, 3.05) is 37.9 Å². The molecule has 1 aliphatic heterocycles. The highest BCUT2D eigenvalue weighted by Gasteiger charge is 2.43. The normalized spacial score (nSPS) is 19.3. The summed E-state index contributed by atoms with van der Waals surface area (Å²) in [5.41, 5.74) is 2.43. The second-order valence-corrected chi connectivity index (χ2v) is 9.85. The average molecular weight is 416 g/mol. The standard InChI is InChI=1S/C23H33NO4Si/c1-3-26-29(27-4-2)17-11-16-25-20-23(28-29)19-24(22-14-9-6-10-15-22)18-21-12-7-5-8-13-21/h5-10,12-15,23H,3-4,11,16-20H2,1-2H3. The highest BCUT2D eigenvalue weighted by atomic mass is 28.4. The lowest BCUT2D eigenvalue weighted by Gasteiger charge is -2.37. The Bertz CT molecular complexity index is 695. The zero-order chi connectivity index (χ0) is 20.4. The highest BCUT2D eigenvalue weighted by Crippen LogP contribution is 2.25. The van der Waals surface area contributed by atoms with Gasteiger partial charge >= 0.3 is 8.80 Å². The number of anilines is 1. The van der Waals surface area contributed by atoms with Gasteiger partial charge in [-0.3, -0.25) is 0 Å². The van der Waals surface area contributed by atoms with E-state index in [0.29, 0.717) is 26.4 Å². The first-order valence-electron chi connectivity index (χ1n) is 10.6. The lowest BCUT2D eigenvalue weighted by atomic mass is 10.2. The molecular weight excluding hydrogens is 382 g/mol. The van der Waals surface area contributed by atoms with Gasteiger partial charge in [-0.15, -0.1) is 0 Å². The van der Waals surface area contributed by atoms with Crippen LogP contribution >= 0.6 is 0 Å². The molecule has 1 aliphatic rings. The van der Waals surface area contributed by atoms with Crippen molar-refractivity contribution in [2.24, 2.45) is 0 Å². The molecule has 29 heavy (non-hydrogen) atoms. The molecule has 2 aromatic carbocycles. The Morgan fingerprint density at radius 3 is 2.28 bits per heavy atom. The number of rotatable bonds is 9. The molecule has 0 N–H and O–H groups in total. The van der Waals surface area contributed by atoms with Crippen LogP contribution < -0.4 is 4.90 Å². The molecule has 1 saturated heterocycles. The quantitative estimate of drug-likeness (QED) is 0.564. The summed E-state index contributed by atoms with van der Waals surface area (Å²) >= 11 is 0. The maximum absolute atomic E-state index is 6.58. The summed E-state index contributed by atoms with van der Waals surface area (Å²) in [6, 6.07) is 21.8. The predicted octanol–water partition coefficient (Wildman–Crippen LogP) is 4.51. The van der Waals surface area contributed by atoms with Gasteiger partial charge in [0.15, 0.2) is 0 Å². The van der Waals surface area contributed by atoms with Crippen molar-refractivity contribution in [2.45, 2.75) is 39.0 Å². The van der Waals surface area contributed by atoms with Crippen LogP contribution in [-0.4, -0.2) is 47.9 Å². The van der Waals surface area contributed by atoms with Crippen molar-refractivity contribution in [3.63, 3.8) is 0 Å². The minimum atomic E-state index is -2.69. The zero-order valence-corrected chi connectivity index (χ0v) is 18.6. The third-order valence-corrected chi connectivity index (χ3v) is 8.03. The Morgan fingerprint density at radius 2 is 1.62 bits per heavy atom. The Kier molecular flexibility index (Phi) is 8.70. The van der Waals surface area contributed by atoms with Gasteiger partial charge in [-0.1, -0.05) is 48.5 Å². The molecule has 0 aromatic heterocycles. The molecule has 6 heteroatoms. The molecule has 3 rings (SSSR count). The molecule has 5 nitrogen and oxygen atoms in total. The van der Waals surface area contributed by atoms with Crippen LogP contribution in [-0.2, 0) is 24.6 Å². The van der Waals surface area contributed by atoms with E-state index >= 15 is 0 Å². The molecule has 158 valence electrons. The lowest BCUT2D eigenvalue weighted by Crippen LogP contribution is -2.53. The Hall–Kier alpha value is -1.70. The van der Waals surface area contributed by atoms with E-state index < -0.39 is 8.80 Å². The first-order chi connectivity index (χ1) is 14.2. The molecule has 1 fully saturated rings. The van der Waals surface area contributed by atoms with Gasteiger partial charge in [-0.25, -0.2) is 0 Å². The zero-order valence-electron chi connectivity index (χ0n) is 17.6. The van der Waals surface area contributed by atoms with Crippen LogP contribution in [0.4, 0.5) is 5.69 Å². The highest BCUT2D eigenvalue weighted by molar-refractivity contribution is 6.60. The van der Waals surface area contributed by atoms with Gasteiger partial charge in [0.25, 0.3) is 0 Å². The molecule has 1 atom stereocenters. The van der Waals surface area contributed by atoms with Crippen LogP contribution in [0, 0.1) is 0 Å². The third kappa shape index (κ3) is 6.66. The van der Waals surface area contributed by atoms with Gasteiger partial charge in [0.1, 0.15) is 0 Å². The molecule has 0 amide bonds. The topological polar surface area (TPSA) is 40.2 Å². The second-order valence-electron chi connectivity index (χ2n) is 7.17. The van der Waals surface area contributed by atoms with Crippen LogP contribution in [0.3, 0.4) is 0 Å². The number of benzene rings is 2. The molecule has 0 radical (unpaired) electrons. The van der Waals surface area contributed by atoms with Gasteiger partial charge in [-0.05, 0) is 38.0 Å². The van der Waals surface area contributed by atoms with E-state index in [1.54, 1.807) is 0 Å². The predicted molar refractivity (Wildman–Crippen MR) is 118 cm³/mol. The SMILES string of the molecule is CCO[Si]1(OCC)CCCOCC(CN(Cc2ccccc2)c2ccccc2)O1. The number of nitrogens with zero attached hydrogens (tertiary/aromatic N) is 1. The van der Waals surface area contributed by atoms with Gasteiger partial charge in [0.05, 0.1) is 12.7 Å². The monoisotopic (exact) mass is 415 g/mol. The molecule has 0 saturated carbocycles. The van der Waals surface area contributed by atoms with E-state index in [1.807, 2.05) is 26.0 Å². The van der Waals surface area contributed by atoms with Crippen LogP contribution in [0.25, 0.3) is 0 Å². The number of ether oxygens (including phenoxy) is 1. The lowest BCUT2D eigenvalue weighted by molar-refractivity contribution is -0.0219. The number of hydrogen-bond acceptors (Lipinski definition) is 5. The molecule has 2 aromatic rings. The van der Waals surface area contributed by atoms with Crippen LogP contribution in [0.15, 0.2) is 60.7 Å². The molecule has 1 unspecified atom stereocenters. The van der Waals surface area contributed by atoms with Crippen molar-refractivity contribution in [3.05, 3.63) is 66.2 Å². The van der Waals surface area contributed by atoms with Gasteiger partial charge < -0.3 is 22.9 Å². The van der Waals surface area contributed by atoms with Crippen molar-refractivity contribution in [1.82, 2.24) is 0 Å². The van der Waals surface area contributed by atoms with Crippen molar-refractivity contribution >= 4 is 14.5 Å². The third-order valence-electron chi connectivity index (χ3n) is 4.91. The fourth-order valence-electron chi connectivity index (χ4n) is 3.69. The summed E-state index contributed by atoms with van der Waals surface area (Å²) in [6.45, 7) is 8.01.